The van der Waals surface area contributed by atoms with Gasteiger partial charge in [0.1, 0.15) is 10.4 Å². The van der Waals surface area contributed by atoms with Crippen molar-refractivity contribution in [3.63, 3.8) is 0 Å². The van der Waals surface area contributed by atoms with Gasteiger partial charge in [-0.1, -0.05) is 24.3 Å². The molecule has 1 aromatic heterocycles. The number of benzene rings is 2. The largest absolute Gasteiger partial charge is 0.605 e. The van der Waals surface area contributed by atoms with Gasteiger partial charge < -0.3 is 4.55 Å². The molecular formula is C15H9BrFNOS. The number of pyridine rings is 1. The first kappa shape index (κ1) is 13.5. The minimum absolute atomic E-state index is 0.349. The van der Waals surface area contributed by atoms with Crippen molar-refractivity contribution in [3.8, 4) is 0 Å². The van der Waals surface area contributed by atoms with Crippen LogP contribution in [0.1, 0.15) is 0 Å². The molecule has 0 aliphatic carbocycles. The van der Waals surface area contributed by atoms with Crippen LogP contribution in [-0.2, 0) is 11.2 Å². The Bertz CT molecular complexity index is 763. The molecule has 20 heavy (non-hydrogen) atoms. The summed E-state index contributed by atoms with van der Waals surface area (Å²) in [5.74, 6) is -0.349. The van der Waals surface area contributed by atoms with Crippen LogP contribution in [0.2, 0.25) is 0 Å². The van der Waals surface area contributed by atoms with Crippen molar-refractivity contribution in [2.45, 2.75) is 9.92 Å². The first-order valence-corrected chi connectivity index (χ1v) is 7.82. The van der Waals surface area contributed by atoms with E-state index in [1.165, 1.54) is 24.3 Å². The molecule has 0 N–H and O–H groups in total. The molecule has 1 heterocycles. The van der Waals surface area contributed by atoms with Crippen LogP contribution < -0.4 is 0 Å². The minimum atomic E-state index is -1.43. The van der Waals surface area contributed by atoms with Gasteiger partial charge in [-0.2, -0.15) is 4.98 Å². The fraction of sp³-hybridized carbons (Fsp3) is 0. The van der Waals surface area contributed by atoms with E-state index >= 15 is 0 Å². The van der Waals surface area contributed by atoms with Crippen molar-refractivity contribution in [2.75, 3.05) is 0 Å². The molecular weight excluding hydrogens is 341 g/mol. The average Bonchev–Trinajstić information content (AvgIpc) is 2.47. The van der Waals surface area contributed by atoms with E-state index in [4.69, 9.17) is 0 Å². The number of fused-ring (bicyclic) bond motifs is 1. The van der Waals surface area contributed by atoms with Crippen molar-refractivity contribution in [1.82, 2.24) is 4.98 Å². The highest BCUT2D eigenvalue weighted by Gasteiger charge is 2.18. The monoisotopic (exact) mass is 349 g/mol. The summed E-state index contributed by atoms with van der Waals surface area (Å²) in [6, 6.07) is 15.1. The first-order chi connectivity index (χ1) is 9.65. The molecule has 2 nitrogen and oxygen atoms in total. The molecule has 0 aliphatic rings. The zero-order chi connectivity index (χ0) is 14.1. The van der Waals surface area contributed by atoms with E-state index in [1.807, 2.05) is 24.3 Å². The smallest absolute Gasteiger partial charge is 0.252 e. The highest BCUT2D eigenvalue weighted by atomic mass is 79.9. The SMILES string of the molecule is [O-][S+](c1ccc(F)cc1)c1cc2ccccc2c(Br)n1. The second-order valence-corrected chi connectivity index (χ2v) is 6.37. The topological polar surface area (TPSA) is 36.0 Å². The van der Waals surface area contributed by atoms with Gasteiger partial charge >= 0.3 is 0 Å². The Labute approximate surface area is 127 Å². The summed E-state index contributed by atoms with van der Waals surface area (Å²) >= 11 is 1.97. The number of halogens is 2. The van der Waals surface area contributed by atoms with Crippen LogP contribution in [0.3, 0.4) is 0 Å². The summed E-state index contributed by atoms with van der Waals surface area (Å²) in [6.07, 6.45) is 0. The van der Waals surface area contributed by atoms with Gasteiger partial charge in [0, 0.05) is 22.6 Å². The zero-order valence-corrected chi connectivity index (χ0v) is 12.6. The second-order valence-electron chi connectivity index (χ2n) is 4.20. The Morgan fingerprint density at radius 1 is 1.05 bits per heavy atom. The van der Waals surface area contributed by atoms with Gasteiger partial charge in [0.2, 0.25) is 0 Å². The molecule has 100 valence electrons. The summed E-state index contributed by atoms with van der Waals surface area (Å²) in [5.41, 5.74) is 0. The lowest BCUT2D eigenvalue weighted by Crippen LogP contribution is -2.05. The van der Waals surface area contributed by atoms with Crippen LogP contribution in [-0.4, -0.2) is 9.54 Å². The van der Waals surface area contributed by atoms with Gasteiger partial charge in [0.15, 0.2) is 4.90 Å². The maximum absolute atomic E-state index is 12.9. The Hall–Kier alpha value is -1.43. The Balaban J connectivity index is 2.07. The highest BCUT2D eigenvalue weighted by Crippen LogP contribution is 2.27. The van der Waals surface area contributed by atoms with E-state index in [-0.39, 0.29) is 5.82 Å². The number of hydrogen-bond donors (Lipinski definition) is 0. The van der Waals surface area contributed by atoms with Crippen LogP contribution in [0.5, 0.6) is 0 Å². The maximum atomic E-state index is 12.9. The van der Waals surface area contributed by atoms with Crippen LogP contribution in [0.4, 0.5) is 4.39 Å². The van der Waals surface area contributed by atoms with Crippen molar-refractivity contribution in [3.05, 3.63) is 65.0 Å². The number of nitrogens with zero attached hydrogens (tertiary/aromatic N) is 1. The Kier molecular flexibility index (Phi) is 3.74. The lowest BCUT2D eigenvalue weighted by atomic mass is 10.2. The third kappa shape index (κ3) is 2.57. The molecule has 0 spiro atoms. The van der Waals surface area contributed by atoms with Crippen molar-refractivity contribution < 1.29 is 8.94 Å². The third-order valence-corrected chi connectivity index (χ3v) is 4.78. The standard InChI is InChI=1S/C15H9BrFNOS/c16-15-13-4-2-1-3-10(13)9-14(18-15)20(19)12-7-5-11(17)6-8-12/h1-9H. The summed E-state index contributed by atoms with van der Waals surface area (Å²) in [5, 5.41) is 2.37. The molecule has 0 bridgehead atoms. The predicted octanol–water partition coefficient (Wildman–Crippen LogP) is 4.30. The van der Waals surface area contributed by atoms with Crippen LogP contribution >= 0.6 is 15.9 Å². The van der Waals surface area contributed by atoms with Gasteiger partial charge in [0.25, 0.3) is 5.03 Å². The van der Waals surface area contributed by atoms with E-state index in [1.54, 1.807) is 6.07 Å². The summed E-state index contributed by atoms with van der Waals surface area (Å²) in [7, 11) is 0. The minimum Gasteiger partial charge on any atom is -0.605 e. The van der Waals surface area contributed by atoms with Crippen molar-refractivity contribution in [1.29, 1.82) is 0 Å². The molecule has 2 aromatic carbocycles. The molecule has 0 fully saturated rings. The van der Waals surface area contributed by atoms with Crippen LogP contribution in [0, 0.1) is 5.82 Å². The molecule has 1 atom stereocenters. The molecule has 1 unspecified atom stereocenters. The zero-order valence-electron chi connectivity index (χ0n) is 10.2. The third-order valence-electron chi connectivity index (χ3n) is 2.89. The molecule has 0 radical (unpaired) electrons. The molecule has 0 saturated carbocycles. The molecule has 0 saturated heterocycles. The van der Waals surface area contributed by atoms with Gasteiger partial charge in [-0.3, -0.25) is 0 Å². The molecule has 0 amide bonds. The molecule has 5 heteroatoms. The fourth-order valence-corrected chi connectivity index (χ4v) is 3.61. The lowest BCUT2D eigenvalue weighted by molar-refractivity contribution is 0.590. The number of aromatic nitrogens is 1. The average molecular weight is 350 g/mol. The van der Waals surface area contributed by atoms with Crippen molar-refractivity contribution in [2.24, 2.45) is 0 Å². The fourth-order valence-electron chi connectivity index (χ4n) is 1.91. The quantitative estimate of drug-likeness (QED) is 0.510. The van der Waals surface area contributed by atoms with E-state index in [9.17, 15) is 8.94 Å². The Morgan fingerprint density at radius 2 is 1.75 bits per heavy atom. The summed E-state index contributed by atoms with van der Waals surface area (Å²) in [4.78, 5) is 4.85. The summed E-state index contributed by atoms with van der Waals surface area (Å²) in [6.45, 7) is 0. The molecule has 0 aliphatic heterocycles. The van der Waals surface area contributed by atoms with E-state index in [0.29, 0.717) is 14.5 Å². The van der Waals surface area contributed by atoms with Crippen LogP contribution in [0.15, 0.2) is 69.1 Å². The highest BCUT2D eigenvalue weighted by molar-refractivity contribution is 9.10. The molecule has 3 aromatic rings. The van der Waals surface area contributed by atoms with E-state index < -0.39 is 11.2 Å². The van der Waals surface area contributed by atoms with Gasteiger partial charge in [-0.05, 0) is 45.6 Å². The first-order valence-electron chi connectivity index (χ1n) is 5.88. The lowest BCUT2D eigenvalue weighted by Gasteiger charge is -2.10. The van der Waals surface area contributed by atoms with E-state index in [2.05, 4.69) is 20.9 Å². The number of hydrogen-bond acceptors (Lipinski definition) is 2. The molecule has 3 rings (SSSR count). The second kappa shape index (κ2) is 5.52. The normalized spacial score (nSPS) is 12.6. The van der Waals surface area contributed by atoms with Gasteiger partial charge in [0.05, 0.1) is 0 Å². The summed E-state index contributed by atoms with van der Waals surface area (Å²) < 4.78 is 26.0. The van der Waals surface area contributed by atoms with Gasteiger partial charge in [-0.25, -0.2) is 4.39 Å². The van der Waals surface area contributed by atoms with Gasteiger partial charge in [-0.15, -0.1) is 0 Å². The maximum Gasteiger partial charge on any atom is 0.252 e. The van der Waals surface area contributed by atoms with E-state index in [0.717, 1.165) is 10.8 Å². The van der Waals surface area contributed by atoms with Crippen LogP contribution in [0.25, 0.3) is 10.8 Å². The van der Waals surface area contributed by atoms with Crippen molar-refractivity contribution >= 4 is 37.9 Å². The predicted molar refractivity (Wildman–Crippen MR) is 80.5 cm³/mol. The number of rotatable bonds is 2. The Morgan fingerprint density at radius 3 is 2.50 bits per heavy atom.